The molecule has 1 atom stereocenters. The van der Waals surface area contributed by atoms with Gasteiger partial charge in [-0.2, -0.15) is 0 Å². The van der Waals surface area contributed by atoms with Gasteiger partial charge >= 0.3 is 0 Å². The maximum Gasteiger partial charge on any atom is 0.127 e. The molecule has 0 amide bonds. The summed E-state index contributed by atoms with van der Waals surface area (Å²) in [5, 5.41) is 3.88. The Morgan fingerprint density at radius 1 is 1.21 bits per heavy atom. The van der Waals surface area contributed by atoms with Crippen molar-refractivity contribution in [3.8, 4) is 0 Å². The normalized spacial score (nSPS) is 12.4. The monoisotopic (exact) mass is 277 g/mol. The molecule has 2 aromatic rings. The molecule has 1 nitrogen and oxygen atoms in total. The molecule has 0 radical (unpaired) electrons. The highest BCUT2D eigenvalue weighted by molar-refractivity contribution is 6.30. The summed E-state index contributed by atoms with van der Waals surface area (Å²) >= 11 is 5.88. The van der Waals surface area contributed by atoms with Crippen LogP contribution in [-0.4, -0.2) is 0 Å². The summed E-state index contributed by atoms with van der Waals surface area (Å²) in [4.78, 5) is 0. The third-order valence-electron chi connectivity index (χ3n) is 3.26. The molecule has 0 aliphatic heterocycles. The lowest BCUT2D eigenvalue weighted by molar-refractivity contribution is 0.543. The lowest BCUT2D eigenvalue weighted by atomic mass is 10.0. The summed E-state index contributed by atoms with van der Waals surface area (Å²) in [5.41, 5.74) is 3.05. The second-order valence-corrected chi connectivity index (χ2v) is 5.13. The number of aryl methyl sites for hydroxylation is 1. The predicted molar refractivity (Wildman–Crippen MR) is 77.8 cm³/mol. The molecule has 2 rings (SSSR count). The van der Waals surface area contributed by atoms with E-state index in [2.05, 4.69) is 31.3 Å². The van der Waals surface area contributed by atoms with Gasteiger partial charge in [0.15, 0.2) is 0 Å². The first-order chi connectivity index (χ1) is 9.08. The van der Waals surface area contributed by atoms with Gasteiger partial charge in [0.25, 0.3) is 0 Å². The van der Waals surface area contributed by atoms with Gasteiger partial charge in [-0.05, 0) is 43.2 Å². The van der Waals surface area contributed by atoms with Crippen molar-refractivity contribution in [3.05, 3.63) is 70.0 Å². The van der Waals surface area contributed by atoms with Gasteiger partial charge in [-0.15, -0.1) is 0 Å². The number of benzene rings is 2. The van der Waals surface area contributed by atoms with Gasteiger partial charge in [0, 0.05) is 23.2 Å². The fraction of sp³-hybridized carbons (Fsp3) is 0.250. The van der Waals surface area contributed by atoms with Gasteiger partial charge < -0.3 is 5.32 Å². The van der Waals surface area contributed by atoms with E-state index >= 15 is 0 Å². The van der Waals surface area contributed by atoms with Gasteiger partial charge in [0.1, 0.15) is 5.82 Å². The van der Waals surface area contributed by atoms with Crippen LogP contribution in [0.15, 0.2) is 42.5 Å². The van der Waals surface area contributed by atoms with Crippen LogP contribution < -0.4 is 5.32 Å². The molecule has 0 saturated carbocycles. The van der Waals surface area contributed by atoms with Crippen molar-refractivity contribution in [1.29, 1.82) is 0 Å². The Morgan fingerprint density at radius 2 is 1.95 bits per heavy atom. The standard InChI is InChI=1S/C16H17ClFN/c1-11-5-3-4-6-15(11)12(2)19-10-13-9-14(17)7-8-16(13)18/h3-9,12,19H,10H2,1-2H3/t12-/m1/s1. The predicted octanol–water partition coefficient (Wildman–Crippen LogP) is 4.64. The Kier molecular flexibility index (Phi) is 4.56. The average Bonchev–Trinajstić information content (AvgIpc) is 2.40. The first kappa shape index (κ1) is 14.0. The van der Waals surface area contributed by atoms with Crippen molar-refractivity contribution < 1.29 is 4.39 Å². The van der Waals surface area contributed by atoms with E-state index in [-0.39, 0.29) is 11.9 Å². The molecule has 2 aromatic carbocycles. The first-order valence-corrected chi connectivity index (χ1v) is 6.68. The molecule has 0 heterocycles. The molecule has 1 N–H and O–H groups in total. The van der Waals surface area contributed by atoms with Crippen molar-refractivity contribution >= 4 is 11.6 Å². The van der Waals surface area contributed by atoms with Crippen LogP contribution in [0.1, 0.15) is 29.7 Å². The summed E-state index contributed by atoms with van der Waals surface area (Å²) in [6.07, 6.45) is 0. The Bertz CT molecular complexity index is 568. The highest BCUT2D eigenvalue weighted by Crippen LogP contribution is 2.19. The number of hydrogen-bond acceptors (Lipinski definition) is 1. The van der Waals surface area contributed by atoms with E-state index in [0.29, 0.717) is 17.1 Å². The third kappa shape index (κ3) is 3.55. The fourth-order valence-electron chi connectivity index (χ4n) is 2.12. The maximum absolute atomic E-state index is 13.6. The van der Waals surface area contributed by atoms with Crippen molar-refractivity contribution in [2.75, 3.05) is 0 Å². The molecular formula is C16H17ClFN. The summed E-state index contributed by atoms with van der Waals surface area (Å²) in [6.45, 7) is 4.61. The molecule has 0 saturated heterocycles. The van der Waals surface area contributed by atoms with Crippen LogP contribution in [0.25, 0.3) is 0 Å². The average molecular weight is 278 g/mol. The van der Waals surface area contributed by atoms with Gasteiger partial charge in [0.2, 0.25) is 0 Å². The van der Waals surface area contributed by atoms with Crippen molar-refractivity contribution in [2.24, 2.45) is 0 Å². The van der Waals surface area contributed by atoms with E-state index in [4.69, 9.17) is 11.6 Å². The lowest BCUT2D eigenvalue weighted by Gasteiger charge is -2.17. The minimum atomic E-state index is -0.228. The van der Waals surface area contributed by atoms with E-state index < -0.39 is 0 Å². The Morgan fingerprint density at radius 3 is 2.68 bits per heavy atom. The second kappa shape index (κ2) is 6.18. The van der Waals surface area contributed by atoms with Crippen LogP contribution in [0.5, 0.6) is 0 Å². The number of hydrogen-bond donors (Lipinski definition) is 1. The van der Waals surface area contributed by atoms with E-state index in [1.54, 1.807) is 12.1 Å². The first-order valence-electron chi connectivity index (χ1n) is 6.31. The molecule has 0 fully saturated rings. The van der Waals surface area contributed by atoms with Gasteiger partial charge in [0.05, 0.1) is 0 Å². The number of nitrogens with one attached hydrogen (secondary N) is 1. The Balaban J connectivity index is 2.06. The number of rotatable bonds is 4. The van der Waals surface area contributed by atoms with Gasteiger partial charge in [-0.25, -0.2) is 4.39 Å². The second-order valence-electron chi connectivity index (χ2n) is 4.69. The Labute approximate surface area is 118 Å². The van der Waals surface area contributed by atoms with Crippen LogP contribution in [0.4, 0.5) is 4.39 Å². The van der Waals surface area contributed by atoms with Crippen LogP contribution >= 0.6 is 11.6 Å². The zero-order valence-electron chi connectivity index (χ0n) is 11.1. The topological polar surface area (TPSA) is 12.0 Å². The third-order valence-corrected chi connectivity index (χ3v) is 3.50. The van der Waals surface area contributed by atoms with Crippen molar-refractivity contribution in [1.82, 2.24) is 5.32 Å². The van der Waals surface area contributed by atoms with Gasteiger partial charge in [-0.1, -0.05) is 35.9 Å². The van der Waals surface area contributed by atoms with E-state index in [1.165, 1.54) is 17.2 Å². The van der Waals surface area contributed by atoms with E-state index in [0.717, 1.165) is 0 Å². The molecule has 0 aliphatic carbocycles. The van der Waals surface area contributed by atoms with E-state index in [9.17, 15) is 4.39 Å². The molecule has 0 aromatic heterocycles. The van der Waals surface area contributed by atoms with Crippen LogP contribution in [-0.2, 0) is 6.54 Å². The molecule has 0 spiro atoms. The quantitative estimate of drug-likeness (QED) is 0.858. The maximum atomic E-state index is 13.6. The van der Waals surface area contributed by atoms with E-state index in [1.807, 2.05) is 12.1 Å². The Hall–Kier alpha value is -1.38. The SMILES string of the molecule is Cc1ccccc1[C@@H](C)NCc1cc(Cl)ccc1F. The minimum absolute atomic E-state index is 0.166. The molecular weight excluding hydrogens is 261 g/mol. The lowest BCUT2D eigenvalue weighted by Crippen LogP contribution is -2.19. The van der Waals surface area contributed by atoms with Crippen LogP contribution in [0.3, 0.4) is 0 Å². The summed E-state index contributed by atoms with van der Waals surface area (Å²) in [7, 11) is 0. The summed E-state index contributed by atoms with van der Waals surface area (Å²) in [5.74, 6) is -0.228. The van der Waals surface area contributed by atoms with Crippen LogP contribution in [0, 0.1) is 12.7 Å². The largest absolute Gasteiger partial charge is 0.306 e. The van der Waals surface area contributed by atoms with Crippen molar-refractivity contribution in [3.63, 3.8) is 0 Å². The number of halogens is 2. The molecule has 3 heteroatoms. The molecule has 0 aliphatic rings. The molecule has 0 bridgehead atoms. The summed E-state index contributed by atoms with van der Waals surface area (Å²) < 4.78 is 13.6. The van der Waals surface area contributed by atoms with Gasteiger partial charge in [-0.3, -0.25) is 0 Å². The zero-order chi connectivity index (χ0) is 13.8. The minimum Gasteiger partial charge on any atom is -0.306 e. The highest BCUT2D eigenvalue weighted by atomic mass is 35.5. The molecule has 19 heavy (non-hydrogen) atoms. The van der Waals surface area contributed by atoms with Crippen LogP contribution in [0.2, 0.25) is 5.02 Å². The fourth-order valence-corrected chi connectivity index (χ4v) is 2.32. The summed E-state index contributed by atoms with van der Waals surface area (Å²) in [6, 6.07) is 13.0. The molecule has 100 valence electrons. The molecule has 0 unspecified atom stereocenters. The highest BCUT2D eigenvalue weighted by Gasteiger charge is 2.09. The zero-order valence-corrected chi connectivity index (χ0v) is 11.8. The smallest absolute Gasteiger partial charge is 0.127 e. The van der Waals surface area contributed by atoms with Crippen molar-refractivity contribution in [2.45, 2.75) is 26.4 Å².